The molecule has 0 radical (unpaired) electrons. The van der Waals surface area contributed by atoms with Crippen molar-refractivity contribution >= 4 is 28.9 Å². The third-order valence-electron chi connectivity index (χ3n) is 5.36. The molecule has 194 valence electrons. The molecule has 4 aromatic rings. The third kappa shape index (κ3) is 7.67. The molecule has 0 saturated heterocycles. The van der Waals surface area contributed by atoms with Crippen LogP contribution in [0.25, 0.3) is 17.1 Å². The van der Waals surface area contributed by atoms with Crippen LogP contribution >= 0.6 is 23.2 Å². The van der Waals surface area contributed by atoms with E-state index in [0.717, 1.165) is 22.5 Å². The predicted molar refractivity (Wildman–Crippen MR) is 145 cm³/mol. The summed E-state index contributed by atoms with van der Waals surface area (Å²) in [5.41, 5.74) is 3.43. The van der Waals surface area contributed by atoms with Crippen LogP contribution in [0.5, 0.6) is 6.01 Å². The maximum atomic E-state index is 10.3. The first kappa shape index (κ1) is 26.9. The van der Waals surface area contributed by atoms with Crippen molar-refractivity contribution in [2.45, 2.75) is 12.7 Å². The molecule has 1 heterocycles. The lowest BCUT2D eigenvalue weighted by Crippen LogP contribution is -2.24. The highest BCUT2D eigenvalue weighted by Crippen LogP contribution is 2.30. The van der Waals surface area contributed by atoms with Crippen LogP contribution in [0.3, 0.4) is 0 Å². The molecular formula is C27H28Cl2N4O4. The number of aliphatic hydroxyl groups is 1. The van der Waals surface area contributed by atoms with Gasteiger partial charge in [-0.05, 0) is 48.0 Å². The minimum atomic E-state index is -0.647. The van der Waals surface area contributed by atoms with E-state index in [4.69, 9.17) is 37.4 Å². The lowest BCUT2D eigenvalue weighted by Gasteiger charge is -2.14. The van der Waals surface area contributed by atoms with Gasteiger partial charge in [0, 0.05) is 24.9 Å². The molecule has 0 spiro atoms. The number of hydrogen-bond donors (Lipinski definition) is 2. The second kappa shape index (κ2) is 13.4. The molecule has 0 bridgehead atoms. The van der Waals surface area contributed by atoms with E-state index in [0.29, 0.717) is 42.2 Å². The van der Waals surface area contributed by atoms with Crippen LogP contribution in [0.4, 0.5) is 5.69 Å². The molecule has 1 atom stereocenters. The first-order valence-corrected chi connectivity index (χ1v) is 12.5. The standard InChI is InChI=1S/C27H28Cl2N4O4/c1-35-13-14-37-27-31-26(20-7-12-24(28)25(29)15-20)33(32-27)22-10-8-21(9-11-22)30-16-23(34)18-36-17-19-5-3-2-4-6-19/h2-12,15,23,30,34H,13-14,16-18H2,1H3. The maximum absolute atomic E-state index is 10.3. The summed E-state index contributed by atoms with van der Waals surface area (Å²) in [6.07, 6.45) is -0.647. The Labute approximate surface area is 225 Å². The molecule has 2 N–H and O–H groups in total. The molecule has 0 amide bonds. The quantitative estimate of drug-likeness (QED) is 0.223. The highest BCUT2D eigenvalue weighted by Gasteiger charge is 2.16. The normalized spacial score (nSPS) is 11.9. The van der Waals surface area contributed by atoms with E-state index < -0.39 is 6.10 Å². The molecular weight excluding hydrogens is 515 g/mol. The van der Waals surface area contributed by atoms with Crippen molar-refractivity contribution in [3.05, 3.63) is 88.4 Å². The van der Waals surface area contributed by atoms with Crippen molar-refractivity contribution in [2.24, 2.45) is 0 Å². The van der Waals surface area contributed by atoms with Crippen molar-refractivity contribution in [3.8, 4) is 23.1 Å². The lowest BCUT2D eigenvalue weighted by molar-refractivity contribution is 0.0348. The highest BCUT2D eigenvalue weighted by molar-refractivity contribution is 6.42. The van der Waals surface area contributed by atoms with Crippen LogP contribution in [0.1, 0.15) is 5.56 Å². The average Bonchev–Trinajstić information content (AvgIpc) is 3.34. The molecule has 3 aromatic carbocycles. The number of ether oxygens (including phenoxy) is 3. The van der Waals surface area contributed by atoms with Gasteiger partial charge in [0.25, 0.3) is 0 Å². The number of methoxy groups -OCH3 is 1. The van der Waals surface area contributed by atoms with Crippen LogP contribution < -0.4 is 10.1 Å². The molecule has 10 heteroatoms. The summed E-state index contributed by atoms with van der Waals surface area (Å²) < 4.78 is 18.0. The maximum Gasteiger partial charge on any atom is 0.336 e. The monoisotopic (exact) mass is 542 g/mol. The summed E-state index contributed by atoms with van der Waals surface area (Å²) in [5.74, 6) is 0.553. The summed E-state index contributed by atoms with van der Waals surface area (Å²) in [5, 5.41) is 18.9. The third-order valence-corrected chi connectivity index (χ3v) is 6.10. The minimum absolute atomic E-state index is 0.221. The smallest absolute Gasteiger partial charge is 0.336 e. The zero-order valence-electron chi connectivity index (χ0n) is 20.3. The number of nitrogens with one attached hydrogen (secondary N) is 1. The van der Waals surface area contributed by atoms with Crippen molar-refractivity contribution in [1.29, 1.82) is 0 Å². The Morgan fingerprint density at radius 1 is 0.973 bits per heavy atom. The van der Waals surface area contributed by atoms with Gasteiger partial charge in [-0.15, -0.1) is 5.10 Å². The molecule has 0 aliphatic carbocycles. The Balaban J connectivity index is 1.41. The molecule has 0 saturated carbocycles. The van der Waals surface area contributed by atoms with E-state index in [1.165, 1.54) is 0 Å². The Kier molecular flexibility index (Phi) is 9.76. The molecule has 37 heavy (non-hydrogen) atoms. The molecule has 1 aromatic heterocycles. The fourth-order valence-corrected chi connectivity index (χ4v) is 3.77. The van der Waals surface area contributed by atoms with Gasteiger partial charge in [-0.1, -0.05) is 53.5 Å². The second-order valence-corrected chi connectivity index (χ2v) is 9.00. The average molecular weight is 543 g/mol. The molecule has 0 aliphatic heterocycles. The van der Waals surface area contributed by atoms with Gasteiger partial charge in [-0.2, -0.15) is 4.98 Å². The molecule has 4 rings (SSSR count). The summed E-state index contributed by atoms with van der Waals surface area (Å²) in [4.78, 5) is 4.54. The van der Waals surface area contributed by atoms with E-state index in [2.05, 4.69) is 15.4 Å². The fourth-order valence-electron chi connectivity index (χ4n) is 3.47. The number of nitrogens with zero attached hydrogens (tertiary/aromatic N) is 3. The zero-order chi connectivity index (χ0) is 26.0. The SMILES string of the molecule is COCCOc1nc(-c2ccc(Cl)c(Cl)c2)n(-c2ccc(NCC(O)COCc3ccccc3)cc2)n1. The summed E-state index contributed by atoms with van der Waals surface area (Å²) >= 11 is 12.3. The number of halogens is 2. The largest absolute Gasteiger partial charge is 0.460 e. The van der Waals surface area contributed by atoms with Gasteiger partial charge < -0.3 is 24.6 Å². The highest BCUT2D eigenvalue weighted by atomic mass is 35.5. The van der Waals surface area contributed by atoms with Crippen LogP contribution in [-0.4, -0.2) is 59.5 Å². The van der Waals surface area contributed by atoms with Crippen molar-refractivity contribution in [2.75, 3.05) is 38.8 Å². The number of aromatic nitrogens is 3. The van der Waals surface area contributed by atoms with Crippen molar-refractivity contribution < 1.29 is 19.3 Å². The van der Waals surface area contributed by atoms with Crippen molar-refractivity contribution in [3.63, 3.8) is 0 Å². The van der Waals surface area contributed by atoms with Crippen LogP contribution in [0, 0.1) is 0 Å². The minimum Gasteiger partial charge on any atom is -0.460 e. The predicted octanol–water partition coefficient (Wildman–Crippen LogP) is 5.26. The topological polar surface area (TPSA) is 90.7 Å². The first-order chi connectivity index (χ1) is 18.0. The van der Waals surface area contributed by atoms with Gasteiger partial charge in [0.05, 0.1) is 41.7 Å². The number of rotatable bonds is 13. The Morgan fingerprint density at radius 3 is 2.49 bits per heavy atom. The van der Waals surface area contributed by atoms with Crippen LogP contribution in [0.2, 0.25) is 10.0 Å². The van der Waals surface area contributed by atoms with E-state index >= 15 is 0 Å². The van der Waals surface area contributed by atoms with Crippen molar-refractivity contribution in [1.82, 2.24) is 14.8 Å². The van der Waals surface area contributed by atoms with Gasteiger partial charge in [0.1, 0.15) is 6.61 Å². The zero-order valence-corrected chi connectivity index (χ0v) is 21.8. The molecule has 0 fully saturated rings. The Hall–Kier alpha value is -3.14. The van der Waals surface area contributed by atoms with Gasteiger partial charge in [0.2, 0.25) is 0 Å². The van der Waals surface area contributed by atoms with Gasteiger partial charge in [-0.3, -0.25) is 0 Å². The second-order valence-electron chi connectivity index (χ2n) is 8.18. The Morgan fingerprint density at radius 2 is 1.76 bits per heavy atom. The van der Waals surface area contributed by atoms with Gasteiger partial charge in [-0.25, -0.2) is 4.68 Å². The van der Waals surface area contributed by atoms with E-state index in [-0.39, 0.29) is 12.6 Å². The fraction of sp³-hybridized carbons (Fsp3) is 0.259. The van der Waals surface area contributed by atoms with Crippen LogP contribution in [-0.2, 0) is 16.1 Å². The number of aliphatic hydroxyl groups excluding tert-OH is 1. The number of hydrogen-bond acceptors (Lipinski definition) is 7. The van der Waals surface area contributed by atoms with Gasteiger partial charge in [0.15, 0.2) is 5.82 Å². The molecule has 8 nitrogen and oxygen atoms in total. The number of anilines is 1. The van der Waals surface area contributed by atoms with E-state index in [9.17, 15) is 5.11 Å². The van der Waals surface area contributed by atoms with E-state index in [1.807, 2.05) is 60.7 Å². The molecule has 1 unspecified atom stereocenters. The lowest BCUT2D eigenvalue weighted by atomic mass is 10.2. The summed E-state index contributed by atoms with van der Waals surface area (Å²) in [6, 6.07) is 23.0. The van der Waals surface area contributed by atoms with Crippen LogP contribution in [0.15, 0.2) is 72.8 Å². The van der Waals surface area contributed by atoms with Gasteiger partial charge >= 0.3 is 6.01 Å². The summed E-state index contributed by atoms with van der Waals surface area (Å²) in [7, 11) is 1.60. The number of benzene rings is 3. The summed E-state index contributed by atoms with van der Waals surface area (Å²) in [6.45, 7) is 1.78. The Bertz CT molecular complexity index is 1270. The first-order valence-electron chi connectivity index (χ1n) is 11.7. The van der Waals surface area contributed by atoms with E-state index in [1.54, 1.807) is 23.9 Å². The molecule has 0 aliphatic rings.